The summed E-state index contributed by atoms with van der Waals surface area (Å²) in [4.78, 5) is 11.7. The first-order valence-corrected chi connectivity index (χ1v) is 10.9. The maximum absolute atomic E-state index is 6.32. The van der Waals surface area contributed by atoms with E-state index in [-0.39, 0.29) is 24.0 Å². The van der Waals surface area contributed by atoms with Crippen LogP contribution in [0.4, 0.5) is 5.82 Å². The molecule has 3 rings (SSSR count). The zero-order valence-electron chi connectivity index (χ0n) is 17.6. The van der Waals surface area contributed by atoms with Gasteiger partial charge in [0, 0.05) is 52.1 Å². The maximum atomic E-state index is 6.32. The summed E-state index contributed by atoms with van der Waals surface area (Å²) in [6.07, 6.45) is 9.09. The highest BCUT2D eigenvalue weighted by Crippen LogP contribution is 2.41. The predicted molar refractivity (Wildman–Crippen MR) is 132 cm³/mol. The largest absolute Gasteiger partial charge is 0.385 e. The normalized spacial score (nSPS) is 21.1. The number of pyridine rings is 1. The van der Waals surface area contributed by atoms with Crippen molar-refractivity contribution in [2.24, 2.45) is 10.4 Å². The second-order valence-electron chi connectivity index (χ2n) is 8.03. The van der Waals surface area contributed by atoms with Crippen LogP contribution in [0, 0.1) is 5.41 Å². The minimum absolute atomic E-state index is 0. The summed E-state index contributed by atoms with van der Waals surface area (Å²) in [6.45, 7) is 6.50. The summed E-state index contributed by atoms with van der Waals surface area (Å²) in [5, 5.41) is 7.76. The molecule has 8 heteroatoms. The molecule has 1 aromatic heterocycles. The molecule has 29 heavy (non-hydrogen) atoms. The van der Waals surface area contributed by atoms with E-state index in [9.17, 15) is 0 Å². The fourth-order valence-corrected chi connectivity index (χ4v) is 4.61. The molecule has 164 valence electrons. The average Bonchev–Trinajstić information content (AvgIpc) is 3.35. The third-order valence-electron chi connectivity index (χ3n) is 5.99. The van der Waals surface area contributed by atoms with E-state index < -0.39 is 0 Å². The highest BCUT2D eigenvalue weighted by molar-refractivity contribution is 14.0. The van der Waals surface area contributed by atoms with E-state index in [1.165, 1.54) is 25.7 Å². The number of aromatic nitrogens is 1. The molecule has 0 spiro atoms. The van der Waals surface area contributed by atoms with E-state index >= 15 is 0 Å². The lowest BCUT2D eigenvalue weighted by Crippen LogP contribution is -2.45. The van der Waals surface area contributed by atoms with Gasteiger partial charge in [0.15, 0.2) is 5.96 Å². The fourth-order valence-electron chi connectivity index (χ4n) is 4.37. The standard InChI is InChI=1S/C21H34ClN5O.HI/c1-3-23-20(25-16-21(11-14-28-2)9-4-5-10-21)26-17-8-13-27(15-17)19-18(22)7-6-12-24-19;/h6-7,12,17H,3-5,8-11,13-16H2,1-2H3,(H2,23,25,26);1H. The minimum atomic E-state index is 0. The third-order valence-corrected chi connectivity index (χ3v) is 6.28. The number of hydrogen-bond acceptors (Lipinski definition) is 4. The molecule has 1 unspecified atom stereocenters. The van der Waals surface area contributed by atoms with Crippen molar-refractivity contribution in [3.63, 3.8) is 0 Å². The Kier molecular flexibility index (Phi) is 10.3. The van der Waals surface area contributed by atoms with Gasteiger partial charge in [-0.1, -0.05) is 24.4 Å². The van der Waals surface area contributed by atoms with Crippen LogP contribution in [0.5, 0.6) is 0 Å². The molecule has 0 amide bonds. The van der Waals surface area contributed by atoms with Crippen molar-refractivity contribution in [3.05, 3.63) is 23.4 Å². The zero-order valence-corrected chi connectivity index (χ0v) is 20.7. The molecule has 1 saturated heterocycles. The Labute approximate surface area is 197 Å². The van der Waals surface area contributed by atoms with Gasteiger partial charge in [-0.2, -0.15) is 0 Å². The van der Waals surface area contributed by atoms with E-state index in [0.29, 0.717) is 16.5 Å². The summed E-state index contributed by atoms with van der Waals surface area (Å²) < 4.78 is 5.35. The van der Waals surface area contributed by atoms with E-state index in [2.05, 4.69) is 27.4 Å². The third kappa shape index (κ3) is 6.85. The van der Waals surface area contributed by atoms with Crippen molar-refractivity contribution < 1.29 is 4.74 Å². The van der Waals surface area contributed by atoms with Crippen LogP contribution in [0.1, 0.15) is 45.4 Å². The quantitative estimate of drug-likeness (QED) is 0.298. The molecule has 0 radical (unpaired) electrons. The Morgan fingerprint density at radius 2 is 2.21 bits per heavy atom. The summed E-state index contributed by atoms with van der Waals surface area (Å²) in [7, 11) is 1.79. The van der Waals surface area contributed by atoms with Gasteiger partial charge in [-0.05, 0) is 50.2 Å². The van der Waals surface area contributed by atoms with E-state index in [0.717, 1.165) is 57.4 Å². The molecule has 2 fully saturated rings. The van der Waals surface area contributed by atoms with Crippen molar-refractivity contribution in [1.82, 2.24) is 15.6 Å². The first-order valence-electron chi connectivity index (χ1n) is 10.5. The molecule has 2 aliphatic rings. The number of halogens is 2. The number of methoxy groups -OCH3 is 1. The lowest BCUT2D eigenvalue weighted by Gasteiger charge is -2.27. The SMILES string of the molecule is CCNC(=NCC1(CCOC)CCCC1)NC1CCN(c2ncccc2Cl)C1.I. The average molecular weight is 536 g/mol. The summed E-state index contributed by atoms with van der Waals surface area (Å²) in [6, 6.07) is 4.11. The molecule has 1 atom stereocenters. The summed E-state index contributed by atoms with van der Waals surface area (Å²) in [5.41, 5.74) is 0.307. The van der Waals surface area contributed by atoms with Gasteiger partial charge in [0.2, 0.25) is 0 Å². The molecule has 1 aliphatic carbocycles. The van der Waals surface area contributed by atoms with Crippen molar-refractivity contribution >= 4 is 47.4 Å². The van der Waals surface area contributed by atoms with Gasteiger partial charge < -0.3 is 20.3 Å². The van der Waals surface area contributed by atoms with Crippen LogP contribution in [0.2, 0.25) is 5.02 Å². The molecule has 1 saturated carbocycles. The molecule has 2 N–H and O–H groups in total. The van der Waals surface area contributed by atoms with Crippen LogP contribution in [0.3, 0.4) is 0 Å². The van der Waals surface area contributed by atoms with E-state index in [1.54, 1.807) is 13.3 Å². The Bertz CT molecular complexity index is 654. The monoisotopic (exact) mass is 535 g/mol. The number of anilines is 1. The lowest BCUT2D eigenvalue weighted by molar-refractivity contribution is 0.141. The molecule has 1 aliphatic heterocycles. The van der Waals surface area contributed by atoms with Crippen LogP contribution in [-0.2, 0) is 4.74 Å². The number of ether oxygens (including phenoxy) is 1. The van der Waals surface area contributed by atoms with Crippen LogP contribution >= 0.6 is 35.6 Å². The molecular formula is C21H35ClIN5O. The minimum Gasteiger partial charge on any atom is -0.385 e. The highest BCUT2D eigenvalue weighted by Gasteiger charge is 2.33. The molecular weight excluding hydrogens is 501 g/mol. The van der Waals surface area contributed by atoms with Crippen molar-refractivity contribution in [3.8, 4) is 0 Å². The van der Waals surface area contributed by atoms with Crippen LogP contribution in [0.25, 0.3) is 0 Å². The van der Waals surface area contributed by atoms with Gasteiger partial charge >= 0.3 is 0 Å². The van der Waals surface area contributed by atoms with Crippen LogP contribution in [0.15, 0.2) is 23.3 Å². The fraction of sp³-hybridized carbons (Fsp3) is 0.714. The highest BCUT2D eigenvalue weighted by atomic mass is 127. The zero-order chi connectivity index (χ0) is 19.8. The predicted octanol–water partition coefficient (Wildman–Crippen LogP) is 4.08. The molecule has 1 aromatic rings. The van der Waals surface area contributed by atoms with Crippen LogP contribution < -0.4 is 15.5 Å². The molecule has 0 bridgehead atoms. The Morgan fingerprint density at radius 1 is 1.41 bits per heavy atom. The summed E-state index contributed by atoms with van der Waals surface area (Å²) in [5.74, 6) is 1.80. The van der Waals surface area contributed by atoms with E-state index in [1.807, 2.05) is 12.1 Å². The number of rotatable bonds is 8. The topological polar surface area (TPSA) is 61.8 Å². The first-order chi connectivity index (χ1) is 13.7. The Morgan fingerprint density at radius 3 is 2.90 bits per heavy atom. The van der Waals surface area contributed by atoms with Gasteiger partial charge in [-0.3, -0.25) is 4.99 Å². The van der Waals surface area contributed by atoms with Gasteiger partial charge in [0.1, 0.15) is 5.82 Å². The molecule has 2 heterocycles. The number of nitrogens with one attached hydrogen (secondary N) is 2. The van der Waals surface area contributed by atoms with Gasteiger partial charge in [0.05, 0.1) is 5.02 Å². The first kappa shape index (κ1) is 24.5. The smallest absolute Gasteiger partial charge is 0.191 e. The van der Waals surface area contributed by atoms with Crippen LogP contribution in [-0.4, -0.2) is 56.9 Å². The Balaban J connectivity index is 0.00000300. The number of guanidine groups is 1. The number of aliphatic imine (C=N–C) groups is 1. The van der Waals surface area contributed by atoms with Crippen molar-refractivity contribution in [2.75, 3.05) is 44.8 Å². The number of hydrogen-bond donors (Lipinski definition) is 2. The number of nitrogens with zero attached hydrogens (tertiary/aromatic N) is 3. The maximum Gasteiger partial charge on any atom is 0.191 e. The van der Waals surface area contributed by atoms with Gasteiger partial charge in [-0.25, -0.2) is 4.98 Å². The van der Waals surface area contributed by atoms with Gasteiger partial charge in [0.25, 0.3) is 0 Å². The second kappa shape index (κ2) is 12.2. The van der Waals surface area contributed by atoms with Gasteiger partial charge in [-0.15, -0.1) is 24.0 Å². The Hall–Kier alpha value is -0.800. The second-order valence-corrected chi connectivity index (χ2v) is 8.44. The molecule has 6 nitrogen and oxygen atoms in total. The lowest BCUT2D eigenvalue weighted by atomic mass is 9.83. The van der Waals surface area contributed by atoms with Crippen molar-refractivity contribution in [1.29, 1.82) is 0 Å². The van der Waals surface area contributed by atoms with E-state index in [4.69, 9.17) is 21.3 Å². The van der Waals surface area contributed by atoms with Crippen molar-refractivity contribution in [2.45, 2.75) is 51.5 Å². The summed E-state index contributed by atoms with van der Waals surface area (Å²) >= 11 is 6.32. The molecule has 0 aromatic carbocycles.